The molecule has 3 heteroatoms. The number of hydrogen-bond acceptors (Lipinski definition) is 3. The number of allylic oxidation sites excluding steroid dienone is 1. The van der Waals surface area contributed by atoms with E-state index in [0.29, 0.717) is 18.7 Å². The molecule has 0 bridgehead atoms. The molecule has 0 atom stereocenters. The van der Waals surface area contributed by atoms with E-state index in [1.807, 2.05) is 0 Å². The van der Waals surface area contributed by atoms with Gasteiger partial charge in [-0.15, -0.1) is 0 Å². The van der Waals surface area contributed by atoms with E-state index in [4.69, 9.17) is 0 Å². The van der Waals surface area contributed by atoms with Gasteiger partial charge in [-0.05, 0) is 24.8 Å². The molecule has 0 aliphatic heterocycles. The van der Waals surface area contributed by atoms with Crippen LogP contribution in [0, 0.1) is 0 Å². The maximum Gasteiger partial charge on any atom is 0.234 e. The van der Waals surface area contributed by atoms with Crippen LogP contribution in [0.15, 0.2) is 16.3 Å². The highest BCUT2D eigenvalue weighted by molar-refractivity contribution is 5.33. The predicted molar refractivity (Wildman–Crippen MR) is 41.1 cm³/mol. The third kappa shape index (κ3) is 2.20. The second-order valence-corrected chi connectivity index (χ2v) is 2.63. The molecule has 0 saturated carbocycles. The van der Waals surface area contributed by atoms with Gasteiger partial charge < -0.3 is 5.11 Å². The van der Waals surface area contributed by atoms with Crippen molar-refractivity contribution in [2.75, 3.05) is 6.54 Å². The molecule has 11 heavy (non-hydrogen) atoms. The van der Waals surface area contributed by atoms with Crippen LogP contribution < -0.4 is 0 Å². The van der Waals surface area contributed by atoms with E-state index < -0.39 is 0 Å². The van der Waals surface area contributed by atoms with Crippen molar-refractivity contribution in [1.82, 2.24) is 0 Å². The zero-order valence-corrected chi connectivity index (χ0v) is 6.34. The summed E-state index contributed by atoms with van der Waals surface area (Å²) in [5, 5.41) is 9.23. The second kappa shape index (κ2) is 3.94. The molecule has 0 fully saturated rings. The fraction of sp³-hybridized carbons (Fsp3) is 0.625. The van der Waals surface area contributed by atoms with Crippen molar-refractivity contribution in [3.05, 3.63) is 11.3 Å². The van der Waals surface area contributed by atoms with Crippen LogP contribution >= 0.6 is 0 Å². The summed E-state index contributed by atoms with van der Waals surface area (Å²) in [5.41, 5.74) is 1.06. The first-order valence-corrected chi connectivity index (χ1v) is 3.78. The molecule has 0 amide bonds. The summed E-state index contributed by atoms with van der Waals surface area (Å²) in [4.78, 5) is 13.1. The normalized spacial score (nSPS) is 16.7. The smallest absolute Gasteiger partial charge is 0.234 e. The van der Waals surface area contributed by atoms with Crippen molar-refractivity contribution in [1.29, 1.82) is 0 Å². The highest BCUT2D eigenvalue weighted by Gasteiger charge is 2.11. The SMILES string of the molecule is O=C=NCCC1=C(O)CCC1. The van der Waals surface area contributed by atoms with Gasteiger partial charge in [-0.1, -0.05) is 0 Å². The van der Waals surface area contributed by atoms with E-state index in [0.717, 1.165) is 24.8 Å². The lowest BCUT2D eigenvalue weighted by Crippen LogP contribution is -1.86. The second-order valence-electron chi connectivity index (χ2n) is 2.63. The Morgan fingerprint density at radius 1 is 1.55 bits per heavy atom. The summed E-state index contributed by atoms with van der Waals surface area (Å²) in [6.45, 7) is 0.461. The number of isocyanates is 1. The molecule has 0 aromatic rings. The van der Waals surface area contributed by atoms with Crippen LogP contribution in [0.4, 0.5) is 0 Å². The Labute approximate surface area is 65.4 Å². The molecule has 1 aliphatic rings. The lowest BCUT2D eigenvalue weighted by atomic mass is 10.1. The predicted octanol–water partition coefficient (Wildman–Crippen LogP) is 1.71. The molecule has 0 saturated heterocycles. The van der Waals surface area contributed by atoms with Crippen molar-refractivity contribution in [2.45, 2.75) is 25.7 Å². The van der Waals surface area contributed by atoms with Gasteiger partial charge >= 0.3 is 0 Å². The van der Waals surface area contributed by atoms with Crippen molar-refractivity contribution >= 4 is 6.08 Å². The van der Waals surface area contributed by atoms with E-state index in [-0.39, 0.29) is 0 Å². The Balaban J connectivity index is 2.36. The van der Waals surface area contributed by atoms with Crippen LogP contribution in [0.5, 0.6) is 0 Å². The molecule has 3 nitrogen and oxygen atoms in total. The average Bonchev–Trinajstić information content (AvgIpc) is 2.37. The first kappa shape index (κ1) is 8.02. The van der Waals surface area contributed by atoms with Gasteiger partial charge in [0.2, 0.25) is 6.08 Å². The van der Waals surface area contributed by atoms with Gasteiger partial charge in [0.1, 0.15) is 0 Å². The van der Waals surface area contributed by atoms with Crippen LogP contribution in [0.25, 0.3) is 0 Å². The zero-order chi connectivity index (χ0) is 8.10. The standard InChI is InChI=1S/C8H11NO2/c10-6-9-5-4-7-2-1-3-8(7)11/h11H,1-5H2. The minimum atomic E-state index is 0.461. The average molecular weight is 153 g/mol. The fourth-order valence-corrected chi connectivity index (χ4v) is 1.30. The van der Waals surface area contributed by atoms with Crippen LogP contribution in [0.1, 0.15) is 25.7 Å². The molecule has 0 unspecified atom stereocenters. The summed E-state index contributed by atoms with van der Waals surface area (Å²) in [6, 6.07) is 0. The highest BCUT2D eigenvalue weighted by Crippen LogP contribution is 2.25. The Kier molecular flexibility index (Phi) is 2.87. The topological polar surface area (TPSA) is 49.7 Å². The number of nitrogens with zero attached hydrogens (tertiary/aromatic N) is 1. The number of hydrogen-bond donors (Lipinski definition) is 1. The quantitative estimate of drug-likeness (QED) is 0.495. The maximum atomic E-state index is 9.69. The monoisotopic (exact) mass is 153 g/mol. The molecule has 60 valence electrons. The van der Waals surface area contributed by atoms with Gasteiger partial charge in [0.05, 0.1) is 12.3 Å². The summed E-state index contributed by atoms with van der Waals surface area (Å²) in [7, 11) is 0. The molecular formula is C8H11NO2. The van der Waals surface area contributed by atoms with Crippen molar-refractivity contribution in [3.8, 4) is 0 Å². The molecule has 0 aromatic heterocycles. The van der Waals surface area contributed by atoms with Gasteiger partial charge in [-0.3, -0.25) is 0 Å². The summed E-state index contributed by atoms with van der Waals surface area (Å²) >= 11 is 0. The van der Waals surface area contributed by atoms with Gasteiger partial charge in [0, 0.05) is 6.42 Å². The Morgan fingerprint density at radius 3 is 2.91 bits per heavy atom. The molecule has 1 rings (SSSR count). The van der Waals surface area contributed by atoms with Crippen LogP contribution in [-0.4, -0.2) is 17.7 Å². The zero-order valence-electron chi connectivity index (χ0n) is 6.34. The first-order valence-electron chi connectivity index (χ1n) is 3.78. The highest BCUT2D eigenvalue weighted by atomic mass is 16.3. The summed E-state index contributed by atoms with van der Waals surface area (Å²) < 4.78 is 0. The molecule has 0 aromatic carbocycles. The molecule has 0 radical (unpaired) electrons. The van der Waals surface area contributed by atoms with E-state index in [2.05, 4.69) is 4.99 Å². The Bertz CT molecular complexity index is 214. The van der Waals surface area contributed by atoms with Gasteiger partial charge in [-0.2, -0.15) is 0 Å². The van der Waals surface area contributed by atoms with Crippen molar-refractivity contribution in [2.24, 2.45) is 4.99 Å². The Hall–Kier alpha value is -1.08. The molecule has 0 heterocycles. The lowest BCUT2D eigenvalue weighted by molar-refractivity contribution is 0.391. The number of aliphatic hydroxyl groups excluding tert-OH is 1. The van der Waals surface area contributed by atoms with Crippen molar-refractivity contribution < 1.29 is 9.90 Å². The van der Waals surface area contributed by atoms with Crippen molar-refractivity contribution in [3.63, 3.8) is 0 Å². The Morgan fingerprint density at radius 2 is 2.36 bits per heavy atom. The molecular weight excluding hydrogens is 142 g/mol. The van der Waals surface area contributed by atoms with E-state index in [1.165, 1.54) is 6.08 Å². The minimum Gasteiger partial charge on any atom is -0.512 e. The van der Waals surface area contributed by atoms with E-state index in [9.17, 15) is 9.90 Å². The third-order valence-corrected chi connectivity index (χ3v) is 1.89. The number of rotatable bonds is 3. The van der Waals surface area contributed by atoms with Crippen LogP contribution in [0.3, 0.4) is 0 Å². The van der Waals surface area contributed by atoms with E-state index in [1.54, 1.807) is 0 Å². The summed E-state index contributed by atoms with van der Waals surface area (Å²) in [5.74, 6) is 0.506. The molecule has 1 N–H and O–H groups in total. The number of carbonyl (C=O) groups excluding carboxylic acids is 1. The van der Waals surface area contributed by atoms with Gasteiger partial charge in [0.15, 0.2) is 0 Å². The minimum absolute atomic E-state index is 0.461. The number of aliphatic imine (C=N–C) groups is 1. The molecule has 1 aliphatic carbocycles. The van der Waals surface area contributed by atoms with Crippen LogP contribution in [-0.2, 0) is 4.79 Å². The van der Waals surface area contributed by atoms with Gasteiger partial charge in [0.25, 0.3) is 0 Å². The first-order chi connectivity index (χ1) is 5.34. The summed E-state index contributed by atoms with van der Waals surface area (Å²) in [6.07, 6.45) is 4.97. The van der Waals surface area contributed by atoms with Gasteiger partial charge in [-0.25, -0.2) is 9.79 Å². The van der Waals surface area contributed by atoms with Crippen LogP contribution in [0.2, 0.25) is 0 Å². The maximum absolute atomic E-state index is 9.69. The largest absolute Gasteiger partial charge is 0.512 e. The fourth-order valence-electron chi connectivity index (χ4n) is 1.30. The molecule has 0 spiro atoms. The lowest BCUT2D eigenvalue weighted by Gasteiger charge is -1.96. The van der Waals surface area contributed by atoms with E-state index >= 15 is 0 Å². The third-order valence-electron chi connectivity index (χ3n) is 1.89. The number of aliphatic hydroxyl groups is 1.